The maximum absolute atomic E-state index is 12.7. The largest absolute Gasteiger partial charge is 0.401 e. The van der Waals surface area contributed by atoms with Crippen LogP contribution < -0.4 is 5.32 Å². The Bertz CT molecular complexity index is 282. The first-order chi connectivity index (χ1) is 9.76. The van der Waals surface area contributed by atoms with Crippen molar-refractivity contribution in [1.82, 2.24) is 10.2 Å². The zero-order valence-electron chi connectivity index (χ0n) is 13.7. The summed E-state index contributed by atoms with van der Waals surface area (Å²) in [6.45, 7) is 7.08. The molecule has 5 heteroatoms. The minimum atomic E-state index is -4.10. The second kappa shape index (κ2) is 8.37. The predicted octanol–water partition coefficient (Wildman–Crippen LogP) is 4.21. The zero-order valence-corrected chi connectivity index (χ0v) is 13.7. The Morgan fingerprint density at radius 2 is 1.67 bits per heavy atom. The second-order valence-electron chi connectivity index (χ2n) is 6.87. The van der Waals surface area contributed by atoms with Crippen LogP contribution in [0.2, 0.25) is 0 Å². The van der Waals surface area contributed by atoms with Crippen molar-refractivity contribution in [2.75, 3.05) is 26.2 Å². The van der Waals surface area contributed by atoms with E-state index in [1.807, 2.05) is 6.92 Å². The van der Waals surface area contributed by atoms with Gasteiger partial charge in [0, 0.05) is 19.1 Å². The van der Waals surface area contributed by atoms with E-state index in [1.165, 1.54) is 12.8 Å². The van der Waals surface area contributed by atoms with Crippen molar-refractivity contribution in [2.45, 2.75) is 71.5 Å². The minimum absolute atomic E-state index is 0.00201. The van der Waals surface area contributed by atoms with Crippen LogP contribution in [0.1, 0.15) is 59.3 Å². The number of hydrogen-bond acceptors (Lipinski definition) is 2. The van der Waals surface area contributed by atoms with E-state index < -0.39 is 12.7 Å². The van der Waals surface area contributed by atoms with Gasteiger partial charge in [0.15, 0.2) is 0 Å². The monoisotopic (exact) mass is 308 g/mol. The van der Waals surface area contributed by atoms with Crippen LogP contribution in [0, 0.1) is 5.41 Å². The summed E-state index contributed by atoms with van der Waals surface area (Å²) < 4.78 is 38.1. The van der Waals surface area contributed by atoms with Crippen molar-refractivity contribution < 1.29 is 13.2 Å². The first kappa shape index (κ1) is 18.8. The Kier molecular flexibility index (Phi) is 7.48. The number of hydrogen-bond donors (Lipinski definition) is 1. The maximum atomic E-state index is 12.7. The molecule has 0 heterocycles. The molecule has 21 heavy (non-hydrogen) atoms. The standard InChI is InChI=1S/C16H31F3N2/c1-4-21(13-16(17,18)19)12-15(11-20-14(2)3)9-7-5-6-8-10-15/h14,20H,4-13H2,1-3H3. The number of halogens is 3. The van der Waals surface area contributed by atoms with Crippen LogP contribution in [0.5, 0.6) is 0 Å². The van der Waals surface area contributed by atoms with Gasteiger partial charge >= 0.3 is 6.18 Å². The molecule has 0 aromatic rings. The van der Waals surface area contributed by atoms with Crippen LogP contribution in [-0.4, -0.2) is 43.3 Å². The lowest BCUT2D eigenvalue weighted by atomic mass is 9.79. The quantitative estimate of drug-likeness (QED) is 0.709. The number of nitrogens with zero attached hydrogens (tertiary/aromatic N) is 1. The Hall–Kier alpha value is -0.290. The average Bonchev–Trinajstić information content (AvgIpc) is 2.60. The molecule has 1 N–H and O–H groups in total. The van der Waals surface area contributed by atoms with Gasteiger partial charge in [-0.2, -0.15) is 13.2 Å². The molecule has 126 valence electrons. The molecule has 1 fully saturated rings. The molecule has 0 radical (unpaired) electrons. The SMILES string of the molecule is CCN(CC(F)(F)F)CC1(CNC(C)C)CCCCCC1. The number of nitrogens with one attached hydrogen (secondary N) is 1. The van der Waals surface area contributed by atoms with Gasteiger partial charge in [-0.15, -0.1) is 0 Å². The van der Waals surface area contributed by atoms with Crippen molar-refractivity contribution in [3.8, 4) is 0 Å². The third kappa shape index (κ3) is 7.50. The van der Waals surface area contributed by atoms with E-state index in [1.54, 1.807) is 4.90 Å². The predicted molar refractivity (Wildman–Crippen MR) is 81.4 cm³/mol. The van der Waals surface area contributed by atoms with Gasteiger partial charge in [0.25, 0.3) is 0 Å². The smallest absolute Gasteiger partial charge is 0.314 e. The van der Waals surface area contributed by atoms with Gasteiger partial charge in [0.2, 0.25) is 0 Å². The van der Waals surface area contributed by atoms with Crippen LogP contribution in [0.3, 0.4) is 0 Å². The number of alkyl halides is 3. The second-order valence-corrected chi connectivity index (χ2v) is 6.87. The molecule has 0 aliphatic heterocycles. The van der Waals surface area contributed by atoms with E-state index in [9.17, 15) is 13.2 Å². The first-order valence-electron chi connectivity index (χ1n) is 8.29. The molecule has 0 aromatic heterocycles. The molecule has 1 saturated carbocycles. The highest BCUT2D eigenvalue weighted by Crippen LogP contribution is 2.36. The van der Waals surface area contributed by atoms with E-state index in [0.29, 0.717) is 19.1 Å². The molecule has 0 aromatic carbocycles. The molecule has 0 saturated heterocycles. The lowest BCUT2D eigenvalue weighted by Crippen LogP contribution is -2.47. The highest BCUT2D eigenvalue weighted by Gasteiger charge is 2.36. The highest BCUT2D eigenvalue weighted by atomic mass is 19.4. The van der Waals surface area contributed by atoms with Gasteiger partial charge in [-0.1, -0.05) is 46.5 Å². The lowest BCUT2D eigenvalue weighted by molar-refractivity contribution is -0.149. The summed E-state index contributed by atoms with van der Waals surface area (Å²) in [6, 6.07) is 0.378. The van der Waals surface area contributed by atoms with Gasteiger partial charge in [-0.3, -0.25) is 4.90 Å². The first-order valence-corrected chi connectivity index (χ1v) is 8.29. The molecular formula is C16H31F3N2. The molecule has 1 aliphatic carbocycles. The third-order valence-electron chi connectivity index (χ3n) is 4.46. The molecule has 1 rings (SSSR count). The summed E-state index contributed by atoms with van der Waals surface area (Å²) in [4.78, 5) is 1.58. The molecule has 0 spiro atoms. The lowest BCUT2D eigenvalue weighted by Gasteiger charge is -2.39. The molecule has 1 aliphatic rings. The fourth-order valence-electron chi connectivity index (χ4n) is 3.30. The molecule has 2 nitrogen and oxygen atoms in total. The highest BCUT2D eigenvalue weighted by molar-refractivity contribution is 4.87. The molecule has 0 bridgehead atoms. The van der Waals surface area contributed by atoms with E-state index in [0.717, 1.165) is 32.2 Å². The normalized spacial score (nSPS) is 20.0. The van der Waals surface area contributed by atoms with Crippen molar-refractivity contribution in [2.24, 2.45) is 5.41 Å². The third-order valence-corrected chi connectivity index (χ3v) is 4.46. The van der Waals surface area contributed by atoms with Gasteiger partial charge in [-0.25, -0.2) is 0 Å². The topological polar surface area (TPSA) is 15.3 Å². The molecule has 0 atom stereocenters. The van der Waals surface area contributed by atoms with Crippen molar-refractivity contribution in [3.63, 3.8) is 0 Å². The summed E-state index contributed by atoms with van der Waals surface area (Å²) in [5.41, 5.74) is 0.00201. The molecular weight excluding hydrogens is 277 g/mol. The Morgan fingerprint density at radius 3 is 2.10 bits per heavy atom. The van der Waals surface area contributed by atoms with E-state index in [2.05, 4.69) is 19.2 Å². The Balaban J connectivity index is 2.73. The summed E-state index contributed by atoms with van der Waals surface area (Å²) in [7, 11) is 0. The fraction of sp³-hybridized carbons (Fsp3) is 1.00. The van der Waals surface area contributed by atoms with Crippen LogP contribution >= 0.6 is 0 Å². The van der Waals surface area contributed by atoms with E-state index >= 15 is 0 Å². The zero-order chi connectivity index (χ0) is 15.9. The summed E-state index contributed by atoms with van der Waals surface area (Å²) in [6.07, 6.45) is 2.70. The van der Waals surface area contributed by atoms with Gasteiger partial charge in [0.1, 0.15) is 0 Å². The van der Waals surface area contributed by atoms with Gasteiger partial charge in [-0.05, 0) is 24.8 Å². The maximum Gasteiger partial charge on any atom is 0.401 e. The number of rotatable bonds is 7. The van der Waals surface area contributed by atoms with E-state index in [-0.39, 0.29) is 5.41 Å². The van der Waals surface area contributed by atoms with E-state index in [4.69, 9.17) is 0 Å². The van der Waals surface area contributed by atoms with Crippen molar-refractivity contribution >= 4 is 0 Å². The Morgan fingerprint density at radius 1 is 1.10 bits per heavy atom. The van der Waals surface area contributed by atoms with Crippen LogP contribution in [0.4, 0.5) is 13.2 Å². The van der Waals surface area contributed by atoms with Gasteiger partial charge in [0.05, 0.1) is 6.54 Å². The van der Waals surface area contributed by atoms with Crippen LogP contribution in [-0.2, 0) is 0 Å². The summed E-state index contributed by atoms with van der Waals surface area (Å²) in [5.74, 6) is 0. The minimum Gasteiger partial charge on any atom is -0.314 e. The molecule has 0 amide bonds. The fourth-order valence-corrected chi connectivity index (χ4v) is 3.30. The average molecular weight is 308 g/mol. The Labute approximate surface area is 127 Å². The molecule has 0 unspecified atom stereocenters. The summed E-state index contributed by atoms with van der Waals surface area (Å²) >= 11 is 0. The van der Waals surface area contributed by atoms with Crippen LogP contribution in [0.15, 0.2) is 0 Å². The van der Waals surface area contributed by atoms with Crippen molar-refractivity contribution in [3.05, 3.63) is 0 Å². The van der Waals surface area contributed by atoms with Crippen molar-refractivity contribution in [1.29, 1.82) is 0 Å². The van der Waals surface area contributed by atoms with Crippen LogP contribution in [0.25, 0.3) is 0 Å². The summed E-state index contributed by atoms with van der Waals surface area (Å²) in [5, 5.41) is 3.47. The van der Waals surface area contributed by atoms with Gasteiger partial charge < -0.3 is 5.32 Å².